The van der Waals surface area contributed by atoms with Gasteiger partial charge in [0.25, 0.3) is 5.89 Å². The van der Waals surface area contributed by atoms with Crippen molar-refractivity contribution < 1.29 is 9.32 Å². The Morgan fingerprint density at radius 1 is 1.35 bits per heavy atom. The highest BCUT2D eigenvalue weighted by Gasteiger charge is 2.26. The number of nitrogens with two attached hydrogens (primary N) is 1. The SMILES string of the molecule is Cc1ncsc1-c1nc(-c2c(C)ncc3c2CCN(C(=O)CN)C3)no1. The molecule has 0 saturated carbocycles. The molecule has 0 atom stereocenters. The van der Waals surface area contributed by atoms with Crippen LogP contribution in [0.3, 0.4) is 0 Å². The van der Waals surface area contributed by atoms with Gasteiger partial charge >= 0.3 is 0 Å². The molecule has 0 spiro atoms. The Hall–Kier alpha value is -2.65. The molecule has 2 N–H and O–H groups in total. The van der Waals surface area contributed by atoms with Gasteiger partial charge in [-0.25, -0.2) is 4.98 Å². The quantitative estimate of drug-likeness (QED) is 0.747. The summed E-state index contributed by atoms with van der Waals surface area (Å²) in [6.07, 6.45) is 2.53. The Bertz CT molecular complexity index is 980. The van der Waals surface area contributed by atoms with Gasteiger partial charge in [-0.2, -0.15) is 4.98 Å². The Balaban J connectivity index is 1.73. The van der Waals surface area contributed by atoms with Crippen LogP contribution in [0.5, 0.6) is 0 Å². The maximum Gasteiger partial charge on any atom is 0.270 e. The van der Waals surface area contributed by atoms with E-state index in [1.54, 1.807) is 10.4 Å². The van der Waals surface area contributed by atoms with Gasteiger partial charge in [-0.05, 0) is 31.4 Å². The molecule has 1 aliphatic rings. The van der Waals surface area contributed by atoms with Crippen molar-refractivity contribution in [2.45, 2.75) is 26.8 Å². The molecule has 26 heavy (non-hydrogen) atoms. The maximum absolute atomic E-state index is 11.9. The van der Waals surface area contributed by atoms with E-state index in [9.17, 15) is 4.79 Å². The summed E-state index contributed by atoms with van der Waals surface area (Å²) in [7, 11) is 0. The fraction of sp³-hybridized carbons (Fsp3) is 0.353. The summed E-state index contributed by atoms with van der Waals surface area (Å²) in [5.41, 5.74) is 12.0. The van der Waals surface area contributed by atoms with E-state index in [0.29, 0.717) is 31.2 Å². The van der Waals surface area contributed by atoms with Crippen LogP contribution in [0, 0.1) is 13.8 Å². The summed E-state index contributed by atoms with van der Waals surface area (Å²) in [6, 6.07) is 0. The number of amides is 1. The van der Waals surface area contributed by atoms with Crippen LogP contribution >= 0.6 is 11.3 Å². The third-order valence-electron chi connectivity index (χ3n) is 4.57. The molecule has 8 nitrogen and oxygen atoms in total. The Labute approximate surface area is 154 Å². The minimum Gasteiger partial charge on any atom is -0.337 e. The number of rotatable bonds is 3. The van der Waals surface area contributed by atoms with Gasteiger partial charge in [-0.3, -0.25) is 9.78 Å². The maximum atomic E-state index is 11.9. The molecule has 9 heteroatoms. The lowest BCUT2D eigenvalue weighted by Gasteiger charge is -2.29. The standard InChI is InChI=1S/C17H18N6O2S/c1-9-14(16-21-17(25-22-16)15-10(2)20-8-26-15)12-3-4-23(13(24)5-18)7-11(12)6-19-9/h6,8H,3-5,7,18H2,1-2H3. The second kappa shape index (κ2) is 6.58. The average Bonchev–Trinajstić information content (AvgIpc) is 3.29. The predicted molar refractivity (Wildman–Crippen MR) is 96.3 cm³/mol. The van der Waals surface area contributed by atoms with Gasteiger partial charge in [0.1, 0.15) is 4.88 Å². The normalized spacial score (nSPS) is 13.7. The van der Waals surface area contributed by atoms with Crippen molar-refractivity contribution in [3.8, 4) is 22.2 Å². The zero-order chi connectivity index (χ0) is 18.3. The Kier molecular flexibility index (Phi) is 4.25. The fourth-order valence-corrected chi connectivity index (χ4v) is 3.94. The molecule has 0 aliphatic carbocycles. The van der Waals surface area contributed by atoms with Crippen molar-refractivity contribution in [1.82, 2.24) is 25.0 Å². The number of fused-ring (bicyclic) bond motifs is 1. The van der Waals surface area contributed by atoms with Gasteiger partial charge in [0.05, 0.1) is 17.7 Å². The zero-order valence-corrected chi connectivity index (χ0v) is 15.3. The Morgan fingerprint density at radius 2 is 2.19 bits per heavy atom. The van der Waals surface area contributed by atoms with Crippen LogP contribution < -0.4 is 5.73 Å². The number of carbonyl (C=O) groups is 1. The fourth-order valence-electron chi connectivity index (χ4n) is 3.21. The highest BCUT2D eigenvalue weighted by atomic mass is 32.1. The van der Waals surface area contributed by atoms with Crippen molar-refractivity contribution in [2.75, 3.05) is 13.1 Å². The van der Waals surface area contributed by atoms with Gasteiger partial charge in [-0.1, -0.05) is 5.16 Å². The zero-order valence-electron chi connectivity index (χ0n) is 14.5. The first-order valence-electron chi connectivity index (χ1n) is 8.28. The van der Waals surface area contributed by atoms with Crippen molar-refractivity contribution in [3.05, 3.63) is 34.2 Å². The second-order valence-corrected chi connectivity index (χ2v) is 7.04. The number of nitrogens with zero attached hydrogens (tertiary/aromatic N) is 5. The topological polar surface area (TPSA) is 111 Å². The first kappa shape index (κ1) is 16.8. The molecule has 1 aliphatic heterocycles. The third-order valence-corrected chi connectivity index (χ3v) is 5.49. The summed E-state index contributed by atoms with van der Waals surface area (Å²) in [4.78, 5) is 27.8. The summed E-state index contributed by atoms with van der Waals surface area (Å²) < 4.78 is 5.47. The second-order valence-electron chi connectivity index (χ2n) is 6.18. The molecule has 4 rings (SSSR count). The van der Waals surface area contributed by atoms with Crippen LogP contribution in [0.1, 0.15) is 22.5 Å². The molecule has 3 aromatic rings. The molecular weight excluding hydrogens is 352 g/mol. The first-order valence-corrected chi connectivity index (χ1v) is 9.16. The third kappa shape index (κ3) is 2.78. The van der Waals surface area contributed by atoms with Gasteiger partial charge in [-0.15, -0.1) is 11.3 Å². The largest absolute Gasteiger partial charge is 0.337 e. The molecule has 0 bridgehead atoms. The smallest absolute Gasteiger partial charge is 0.270 e. The van der Waals surface area contributed by atoms with E-state index in [1.165, 1.54) is 11.3 Å². The van der Waals surface area contributed by atoms with Crippen LogP contribution in [0.15, 0.2) is 16.2 Å². The average molecular weight is 370 g/mol. The van der Waals surface area contributed by atoms with E-state index in [0.717, 1.165) is 33.0 Å². The molecule has 134 valence electrons. The molecule has 3 aromatic heterocycles. The lowest BCUT2D eigenvalue weighted by Crippen LogP contribution is -2.39. The van der Waals surface area contributed by atoms with E-state index < -0.39 is 0 Å². The summed E-state index contributed by atoms with van der Waals surface area (Å²) in [5.74, 6) is 0.932. The van der Waals surface area contributed by atoms with E-state index in [4.69, 9.17) is 10.3 Å². The molecule has 1 amide bonds. The lowest BCUT2D eigenvalue weighted by molar-refractivity contribution is -0.130. The number of carbonyl (C=O) groups excluding carboxylic acids is 1. The highest BCUT2D eigenvalue weighted by molar-refractivity contribution is 7.13. The molecule has 0 saturated heterocycles. The van der Waals surface area contributed by atoms with E-state index in [-0.39, 0.29) is 12.5 Å². The van der Waals surface area contributed by atoms with E-state index >= 15 is 0 Å². The van der Waals surface area contributed by atoms with Crippen LogP contribution in [0.4, 0.5) is 0 Å². The first-order chi connectivity index (χ1) is 12.6. The molecule has 0 aromatic carbocycles. The minimum absolute atomic E-state index is 0.0177. The van der Waals surface area contributed by atoms with Gasteiger partial charge in [0.15, 0.2) is 0 Å². The number of aromatic nitrogens is 4. The van der Waals surface area contributed by atoms with Crippen molar-refractivity contribution in [1.29, 1.82) is 0 Å². The van der Waals surface area contributed by atoms with Crippen LogP contribution in [-0.2, 0) is 17.8 Å². The lowest BCUT2D eigenvalue weighted by atomic mass is 9.94. The molecule has 0 radical (unpaired) electrons. The number of aryl methyl sites for hydroxylation is 2. The molecular formula is C17H18N6O2S. The molecule has 0 fully saturated rings. The summed E-state index contributed by atoms with van der Waals surface area (Å²) >= 11 is 1.47. The molecule has 4 heterocycles. The van der Waals surface area contributed by atoms with Crippen molar-refractivity contribution in [2.24, 2.45) is 5.73 Å². The number of pyridine rings is 1. The van der Waals surface area contributed by atoms with E-state index in [1.807, 2.05) is 20.0 Å². The van der Waals surface area contributed by atoms with Gasteiger partial charge in [0.2, 0.25) is 11.7 Å². The number of hydrogen-bond donors (Lipinski definition) is 1. The van der Waals surface area contributed by atoms with Crippen LogP contribution in [0.25, 0.3) is 22.2 Å². The Morgan fingerprint density at radius 3 is 2.92 bits per heavy atom. The van der Waals surface area contributed by atoms with Crippen molar-refractivity contribution in [3.63, 3.8) is 0 Å². The van der Waals surface area contributed by atoms with Crippen LogP contribution in [-0.4, -0.2) is 44.0 Å². The number of thiazole rings is 1. The minimum atomic E-state index is -0.0553. The summed E-state index contributed by atoms with van der Waals surface area (Å²) in [6.45, 7) is 4.99. The predicted octanol–water partition coefficient (Wildman–Crippen LogP) is 1.72. The highest BCUT2D eigenvalue weighted by Crippen LogP contribution is 2.33. The summed E-state index contributed by atoms with van der Waals surface area (Å²) in [5, 5.41) is 4.18. The number of hydrogen-bond acceptors (Lipinski definition) is 8. The van der Waals surface area contributed by atoms with E-state index in [2.05, 4.69) is 20.1 Å². The van der Waals surface area contributed by atoms with Gasteiger partial charge < -0.3 is 15.2 Å². The van der Waals surface area contributed by atoms with Crippen LogP contribution in [0.2, 0.25) is 0 Å². The van der Waals surface area contributed by atoms with Gasteiger partial charge in [0, 0.05) is 30.5 Å². The van der Waals surface area contributed by atoms with Crippen molar-refractivity contribution >= 4 is 17.2 Å². The monoisotopic (exact) mass is 370 g/mol. The molecule has 0 unspecified atom stereocenters.